The van der Waals surface area contributed by atoms with Crippen LogP contribution in [-0.2, 0) is 13.6 Å². The van der Waals surface area contributed by atoms with Gasteiger partial charge in [-0.3, -0.25) is 9.05 Å². The molecule has 1 aliphatic rings. The van der Waals surface area contributed by atoms with E-state index in [-0.39, 0.29) is 6.10 Å². The Kier molecular flexibility index (Phi) is 5.98. The lowest BCUT2D eigenvalue weighted by Gasteiger charge is -2.26. The molecule has 5 heteroatoms. The van der Waals surface area contributed by atoms with Crippen LogP contribution in [0.3, 0.4) is 0 Å². The molecule has 3 atom stereocenters. The van der Waals surface area contributed by atoms with Gasteiger partial charge in [-0.15, -0.1) is 0 Å². The lowest BCUT2D eigenvalue weighted by atomic mass is 9.97. The zero-order valence-corrected chi connectivity index (χ0v) is 11.1. The first kappa shape index (κ1) is 14.2. The Morgan fingerprint density at radius 3 is 2.75 bits per heavy atom. The maximum absolute atomic E-state index is 11.6. The summed E-state index contributed by atoms with van der Waals surface area (Å²) < 4.78 is 21.8. The highest BCUT2D eigenvalue weighted by Gasteiger charge is 2.29. The highest BCUT2D eigenvalue weighted by Crippen LogP contribution is 2.47. The molecule has 1 saturated heterocycles. The molecule has 0 aromatic carbocycles. The fourth-order valence-corrected chi connectivity index (χ4v) is 2.96. The van der Waals surface area contributed by atoms with Crippen molar-refractivity contribution in [1.82, 2.24) is 0 Å². The molecule has 1 N–H and O–H groups in total. The first-order valence-electron chi connectivity index (χ1n) is 6.21. The Balaban J connectivity index is 2.61. The Morgan fingerprint density at radius 1 is 1.38 bits per heavy atom. The number of rotatable bonds is 2. The van der Waals surface area contributed by atoms with E-state index in [1.165, 1.54) is 0 Å². The summed E-state index contributed by atoms with van der Waals surface area (Å²) in [6.07, 6.45) is 5.76. The van der Waals surface area contributed by atoms with E-state index < -0.39 is 7.82 Å². The van der Waals surface area contributed by atoms with Gasteiger partial charge in [0.05, 0.1) is 12.7 Å². The van der Waals surface area contributed by atoms with Crippen LogP contribution in [-0.4, -0.2) is 17.6 Å². The van der Waals surface area contributed by atoms with Crippen molar-refractivity contribution in [2.75, 3.05) is 6.61 Å². The zero-order chi connectivity index (χ0) is 12.0. The topological polar surface area (TPSA) is 55.8 Å². The van der Waals surface area contributed by atoms with Crippen molar-refractivity contribution < 1.29 is 18.5 Å². The fraction of sp³-hybridized carbons (Fsp3) is 1.00. The van der Waals surface area contributed by atoms with Crippen LogP contribution in [0.4, 0.5) is 0 Å². The minimum absolute atomic E-state index is 0.154. The SMILES string of the molecule is CCC(C)C1CCCCCCOP(=O)(O)O1. The van der Waals surface area contributed by atoms with Crippen LogP contribution in [0.25, 0.3) is 0 Å². The molecule has 0 aromatic heterocycles. The molecule has 0 bridgehead atoms. The number of hydrogen-bond donors (Lipinski definition) is 1. The molecular weight excluding hydrogens is 227 g/mol. The molecule has 0 amide bonds. The Hall–Kier alpha value is 0.110. The maximum Gasteiger partial charge on any atom is 0.472 e. The molecule has 0 radical (unpaired) electrons. The predicted octanol–water partition coefficient (Wildman–Crippen LogP) is 3.50. The summed E-state index contributed by atoms with van der Waals surface area (Å²) in [5, 5.41) is 0. The Bertz CT molecular complexity index is 244. The second kappa shape index (κ2) is 6.75. The number of hydrogen-bond acceptors (Lipinski definition) is 3. The second-order valence-electron chi connectivity index (χ2n) is 4.53. The van der Waals surface area contributed by atoms with Gasteiger partial charge in [-0.1, -0.05) is 39.5 Å². The lowest BCUT2D eigenvalue weighted by Crippen LogP contribution is -2.21. The Labute approximate surface area is 98.0 Å². The van der Waals surface area contributed by atoms with Gasteiger partial charge in [0.1, 0.15) is 0 Å². The van der Waals surface area contributed by atoms with E-state index in [4.69, 9.17) is 9.05 Å². The third-order valence-electron chi connectivity index (χ3n) is 3.18. The number of phosphoric acid groups is 1. The van der Waals surface area contributed by atoms with Gasteiger partial charge in [-0.2, -0.15) is 0 Å². The van der Waals surface area contributed by atoms with Gasteiger partial charge in [-0.05, 0) is 18.8 Å². The van der Waals surface area contributed by atoms with E-state index in [0.29, 0.717) is 12.5 Å². The first-order valence-corrected chi connectivity index (χ1v) is 7.70. The molecule has 0 saturated carbocycles. The summed E-state index contributed by atoms with van der Waals surface area (Å²) in [6, 6.07) is 0. The lowest BCUT2D eigenvalue weighted by molar-refractivity contribution is 0.0616. The van der Waals surface area contributed by atoms with Crippen molar-refractivity contribution in [3.63, 3.8) is 0 Å². The van der Waals surface area contributed by atoms with Gasteiger partial charge in [0.15, 0.2) is 0 Å². The van der Waals surface area contributed by atoms with E-state index in [9.17, 15) is 9.46 Å². The van der Waals surface area contributed by atoms with E-state index in [2.05, 4.69) is 13.8 Å². The normalized spacial score (nSPS) is 35.6. The highest BCUT2D eigenvalue weighted by molar-refractivity contribution is 7.47. The molecule has 4 nitrogen and oxygen atoms in total. The standard InChI is InChI=1S/C11H23O4P/c1-3-10(2)11-8-6-4-5-7-9-14-16(12,13)15-11/h10-11H,3-9H2,1-2H3,(H,12,13). The minimum atomic E-state index is -3.83. The van der Waals surface area contributed by atoms with Crippen LogP contribution in [0, 0.1) is 5.92 Å². The fourth-order valence-electron chi connectivity index (χ4n) is 1.89. The average Bonchev–Trinajstić information content (AvgIpc) is 2.25. The van der Waals surface area contributed by atoms with Crippen LogP contribution < -0.4 is 0 Å². The van der Waals surface area contributed by atoms with Gasteiger partial charge in [0.25, 0.3) is 0 Å². The summed E-state index contributed by atoms with van der Waals surface area (Å²) in [4.78, 5) is 9.52. The molecule has 0 aliphatic carbocycles. The smallest absolute Gasteiger partial charge is 0.302 e. The quantitative estimate of drug-likeness (QED) is 0.762. The third kappa shape index (κ3) is 4.96. The van der Waals surface area contributed by atoms with Crippen LogP contribution in [0.2, 0.25) is 0 Å². The van der Waals surface area contributed by atoms with Crippen LogP contribution >= 0.6 is 7.82 Å². The summed E-state index contributed by atoms with van der Waals surface area (Å²) in [5.41, 5.74) is 0. The first-order chi connectivity index (χ1) is 7.55. The third-order valence-corrected chi connectivity index (χ3v) is 4.23. The van der Waals surface area contributed by atoms with E-state index >= 15 is 0 Å². The molecule has 0 aromatic rings. The van der Waals surface area contributed by atoms with Gasteiger partial charge in [-0.25, -0.2) is 4.57 Å². The summed E-state index contributed by atoms with van der Waals surface area (Å²) in [7, 11) is -3.83. The summed E-state index contributed by atoms with van der Waals surface area (Å²) in [5.74, 6) is 0.295. The maximum atomic E-state index is 11.6. The van der Waals surface area contributed by atoms with Gasteiger partial charge < -0.3 is 4.89 Å². The van der Waals surface area contributed by atoms with Gasteiger partial charge in [0, 0.05) is 0 Å². The van der Waals surface area contributed by atoms with E-state index in [1.54, 1.807) is 0 Å². The number of phosphoric ester groups is 1. The van der Waals surface area contributed by atoms with Gasteiger partial charge in [0.2, 0.25) is 0 Å². The molecule has 1 fully saturated rings. The highest BCUT2D eigenvalue weighted by atomic mass is 31.2. The average molecular weight is 250 g/mol. The molecule has 3 unspecified atom stereocenters. The molecule has 16 heavy (non-hydrogen) atoms. The largest absolute Gasteiger partial charge is 0.472 e. The Morgan fingerprint density at radius 2 is 2.06 bits per heavy atom. The summed E-state index contributed by atoms with van der Waals surface area (Å²) >= 11 is 0. The molecule has 96 valence electrons. The molecule has 1 rings (SSSR count). The monoisotopic (exact) mass is 250 g/mol. The van der Waals surface area contributed by atoms with Crippen molar-refractivity contribution in [3.05, 3.63) is 0 Å². The van der Waals surface area contributed by atoms with Crippen molar-refractivity contribution in [3.8, 4) is 0 Å². The predicted molar refractivity (Wildman–Crippen MR) is 63.2 cm³/mol. The second-order valence-corrected chi connectivity index (χ2v) is 5.94. The zero-order valence-electron chi connectivity index (χ0n) is 10.2. The molecular formula is C11H23O4P. The van der Waals surface area contributed by atoms with Crippen molar-refractivity contribution >= 4 is 7.82 Å². The molecule has 0 spiro atoms. The van der Waals surface area contributed by atoms with E-state index in [0.717, 1.165) is 38.5 Å². The van der Waals surface area contributed by atoms with Crippen molar-refractivity contribution in [2.24, 2.45) is 5.92 Å². The van der Waals surface area contributed by atoms with Gasteiger partial charge >= 0.3 is 7.82 Å². The van der Waals surface area contributed by atoms with Crippen LogP contribution in [0.1, 0.15) is 52.4 Å². The van der Waals surface area contributed by atoms with E-state index in [1.807, 2.05) is 0 Å². The van der Waals surface area contributed by atoms with Crippen molar-refractivity contribution in [2.45, 2.75) is 58.5 Å². The van der Waals surface area contributed by atoms with Crippen LogP contribution in [0.5, 0.6) is 0 Å². The van der Waals surface area contributed by atoms with Crippen molar-refractivity contribution in [1.29, 1.82) is 0 Å². The molecule has 1 aliphatic heterocycles. The minimum Gasteiger partial charge on any atom is -0.302 e. The molecule has 1 heterocycles. The summed E-state index contributed by atoms with van der Waals surface area (Å²) in [6.45, 7) is 4.44. The van der Waals surface area contributed by atoms with Crippen LogP contribution in [0.15, 0.2) is 0 Å².